The van der Waals surface area contributed by atoms with Gasteiger partial charge in [-0.2, -0.15) is 0 Å². The Kier molecular flexibility index (Phi) is 29.9. The number of methoxy groups -OCH3 is 2. The molecule has 34 nitrogen and oxygen atoms in total. The van der Waals surface area contributed by atoms with Gasteiger partial charge in [-0.1, -0.05) is 197 Å². The highest BCUT2D eigenvalue weighted by molar-refractivity contribution is 5.75. The van der Waals surface area contributed by atoms with Crippen LogP contribution in [0.5, 0.6) is 0 Å². The summed E-state index contributed by atoms with van der Waals surface area (Å²) < 4.78 is 109. The number of ether oxygens (including phenoxy) is 17. The van der Waals surface area contributed by atoms with Gasteiger partial charge >= 0.3 is 11.9 Å². The lowest BCUT2D eigenvalue weighted by atomic mass is 9.93. The van der Waals surface area contributed by atoms with Crippen LogP contribution in [0.4, 0.5) is 0 Å². The fraction of sp³-hybridized carbons (Fsp3) is 0.486. The summed E-state index contributed by atoms with van der Waals surface area (Å²) in [6, 6.07) is 48.3. The van der Waals surface area contributed by atoms with Crippen molar-refractivity contribution in [2.45, 2.75) is 193 Å². The van der Waals surface area contributed by atoms with E-state index in [1.807, 2.05) is 48.5 Å². The SMILES string of the molecule is COC(=O)C1O[C@@H](O[C@@H]2C(CO)O[C@H](OC)C(N=[N+]=[N-])[C@H]2OCc2ccccc2)C(O)[C@H](OCc2ccccc2)[C@H]1O[C@@H]1OC(CO)[C@@H](O[C@@H]2OC(C(=O)O)[C@@H](O[C@H]3OC(CO)[C@@H](OCc4ccccc4)[C@H](OCc4ccccc4)C3N=[N+]=[N-])[C@H](OCc3ccccc3)C2OCc2ccccc2)[C@H](O)C1N=[N+]=[N-]. The van der Waals surface area contributed by atoms with Gasteiger partial charge in [0.15, 0.2) is 43.7 Å². The molecule has 34 heteroatoms. The van der Waals surface area contributed by atoms with Crippen LogP contribution in [0, 0.1) is 0 Å². The Morgan fingerprint density at radius 1 is 0.361 bits per heavy atom. The number of hydrogen-bond acceptors (Lipinski definition) is 27. The summed E-state index contributed by atoms with van der Waals surface area (Å²) in [6.45, 7) is -3.47. The van der Waals surface area contributed by atoms with Gasteiger partial charge in [-0.05, 0) is 50.0 Å². The van der Waals surface area contributed by atoms with E-state index in [2.05, 4.69) is 30.1 Å². The highest BCUT2D eigenvalue weighted by Gasteiger charge is 2.60. The van der Waals surface area contributed by atoms with Crippen LogP contribution in [0.2, 0.25) is 0 Å². The topological polar surface area (TPSA) is 459 Å². The molecule has 5 heterocycles. The molecule has 6 aromatic carbocycles. The number of carboxylic acid groups (broad SMARTS) is 1. The smallest absolute Gasteiger partial charge is 0.337 e. The number of esters is 1. The Hall–Kier alpha value is -8.65. The Balaban J connectivity index is 0.920. The summed E-state index contributed by atoms with van der Waals surface area (Å²) >= 11 is 0. The maximum Gasteiger partial charge on any atom is 0.337 e. The molecule has 5 aliphatic heterocycles. The number of nitrogens with zero attached hydrogens (tertiary/aromatic N) is 9. The van der Waals surface area contributed by atoms with Gasteiger partial charge in [-0.3, -0.25) is 0 Å². The second kappa shape index (κ2) is 40.2. The Bertz CT molecular complexity index is 3890. The highest BCUT2D eigenvalue weighted by atomic mass is 16.8. The van der Waals surface area contributed by atoms with Gasteiger partial charge in [-0.25, -0.2) is 9.59 Å². The zero-order valence-corrected chi connectivity index (χ0v) is 58.6. The fourth-order valence-electron chi connectivity index (χ4n) is 13.5. The average molecular weight is 1500 g/mol. The highest BCUT2D eigenvalue weighted by Crippen LogP contribution is 2.41. The van der Waals surface area contributed by atoms with E-state index in [0.29, 0.717) is 27.8 Å². The number of hydrogen-bond donors (Lipinski definition) is 6. The van der Waals surface area contributed by atoms with Crippen LogP contribution < -0.4 is 0 Å². The predicted molar refractivity (Wildman–Crippen MR) is 372 cm³/mol. The molecule has 0 saturated carbocycles. The number of azide groups is 3. The molecule has 0 aromatic heterocycles. The summed E-state index contributed by atoms with van der Waals surface area (Å²) in [4.78, 5) is 37.6. The number of carbonyl (C=O) groups excluding carboxylic acids is 1. The maximum absolute atomic E-state index is 14.3. The summed E-state index contributed by atoms with van der Waals surface area (Å²) in [6.07, 6.45) is -37.6. The van der Waals surface area contributed by atoms with Gasteiger partial charge in [0.25, 0.3) is 0 Å². The van der Waals surface area contributed by atoms with Crippen LogP contribution in [0.3, 0.4) is 0 Å². The molecule has 108 heavy (non-hydrogen) atoms. The molecule has 5 fully saturated rings. The first kappa shape index (κ1) is 80.4. The molecule has 25 atom stereocenters. The minimum atomic E-state index is -2.17. The van der Waals surface area contributed by atoms with Crippen molar-refractivity contribution in [3.8, 4) is 0 Å². The molecule has 0 amide bonds. The molecule has 5 saturated heterocycles. The number of rotatable bonds is 35. The Morgan fingerprint density at radius 3 is 1.10 bits per heavy atom. The van der Waals surface area contributed by atoms with Gasteiger partial charge in [0.1, 0.15) is 104 Å². The van der Waals surface area contributed by atoms with Crippen LogP contribution >= 0.6 is 0 Å². The van der Waals surface area contributed by atoms with E-state index in [1.54, 1.807) is 133 Å². The molecular formula is C74H85N9O25. The normalized spacial score (nSPS) is 32.6. The number of aliphatic hydroxyl groups excluding tert-OH is 5. The molecule has 6 aromatic rings. The van der Waals surface area contributed by atoms with Crippen molar-refractivity contribution >= 4 is 11.9 Å². The summed E-state index contributed by atoms with van der Waals surface area (Å²) in [5.74, 6) is -2.84. The van der Waals surface area contributed by atoms with E-state index in [9.17, 15) is 56.8 Å². The third-order valence-electron chi connectivity index (χ3n) is 18.8. The van der Waals surface area contributed by atoms with Crippen molar-refractivity contribution in [2.75, 3.05) is 34.0 Å². The van der Waals surface area contributed by atoms with Crippen LogP contribution in [0.15, 0.2) is 197 Å². The second-order valence-corrected chi connectivity index (χ2v) is 25.7. The molecule has 6 N–H and O–H groups in total. The first-order valence-electron chi connectivity index (χ1n) is 34.8. The standard InChI is InChI=1S/C74H85N9O25/c1-92-69(91)66-63(61(97-39-45-27-15-6-16-28-45)55(88)73(108-66)104-58-50(35-86)100-70(93-2)52(79-82-76)60(58)96-38-44-25-13-5-14-26-44)105-71-51(78-81-75)54(87)56(48(33-84)101-71)103-74-67(99-41-47-31-19-8-20-32-47)62(98-40-46-29-17-7-18-30-46)64(65(107-74)68(89)90)106-72-53(80-83-77)59(95-37-43-23-11-4-12-24-43)57(49(34-85)102-72)94-36-42-21-9-3-10-22-42/h3-32,48-67,70-74,84-88H,33-41H2,1-2H3,(H,89,90)/t48?,49?,50?,51?,52?,53?,54-,55?,56-,57-,58-,59-,60-,61+,62+,63-,64+,65?,66?,67?,70+,71+,72-,73-,74-/m1/s1. The molecule has 0 spiro atoms. The van der Waals surface area contributed by atoms with E-state index in [0.717, 1.165) is 12.7 Å². The van der Waals surface area contributed by atoms with E-state index in [1.165, 1.54) is 7.11 Å². The van der Waals surface area contributed by atoms with Crippen molar-refractivity contribution < 1.29 is 121 Å². The number of carboxylic acids is 1. The largest absolute Gasteiger partial charge is 0.479 e. The zero-order chi connectivity index (χ0) is 75.9. The first-order valence-corrected chi connectivity index (χ1v) is 34.8. The van der Waals surface area contributed by atoms with Crippen molar-refractivity contribution in [2.24, 2.45) is 15.3 Å². The second-order valence-electron chi connectivity index (χ2n) is 25.7. The quantitative estimate of drug-likeness (QED) is 0.0110. The number of aliphatic hydroxyl groups is 5. The summed E-state index contributed by atoms with van der Waals surface area (Å²) in [5, 5.41) is 82.3. The predicted octanol–water partition coefficient (Wildman–Crippen LogP) is 6.30. The maximum atomic E-state index is 14.3. The number of aliphatic carboxylic acids is 1. The molecule has 0 aliphatic carbocycles. The van der Waals surface area contributed by atoms with Crippen LogP contribution in [-0.4, -0.2) is 230 Å². The summed E-state index contributed by atoms with van der Waals surface area (Å²) in [7, 11) is 2.31. The zero-order valence-electron chi connectivity index (χ0n) is 58.6. The Morgan fingerprint density at radius 2 is 0.685 bits per heavy atom. The molecule has 5 aliphatic rings. The minimum Gasteiger partial charge on any atom is -0.479 e. The first-order chi connectivity index (χ1) is 52.8. The lowest BCUT2D eigenvalue weighted by Gasteiger charge is -2.51. The Labute approximate surface area is 619 Å². The monoisotopic (exact) mass is 1500 g/mol. The lowest BCUT2D eigenvalue weighted by Crippen LogP contribution is -2.69. The van der Waals surface area contributed by atoms with Crippen LogP contribution in [-0.2, 0) is 130 Å². The lowest BCUT2D eigenvalue weighted by molar-refractivity contribution is -0.382. The van der Waals surface area contributed by atoms with Crippen LogP contribution in [0.1, 0.15) is 33.4 Å². The molecule has 0 bridgehead atoms. The van der Waals surface area contributed by atoms with E-state index < -0.39 is 185 Å². The molecule has 0 radical (unpaired) electrons. The summed E-state index contributed by atoms with van der Waals surface area (Å²) in [5.41, 5.74) is 34.3. The third-order valence-corrected chi connectivity index (χ3v) is 18.8. The van der Waals surface area contributed by atoms with E-state index >= 15 is 0 Å². The fourth-order valence-corrected chi connectivity index (χ4v) is 13.5. The van der Waals surface area contributed by atoms with E-state index in [4.69, 9.17) is 80.5 Å². The van der Waals surface area contributed by atoms with Crippen LogP contribution in [0.25, 0.3) is 31.3 Å². The van der Waals surface area contributed by atoms with Crippen molar-refractivity contribution in [3.63, 3.8) is 0 Å². The van der Waals surface area contributed by atoms with Crippen molar-refractivity contribution in [1.29, 1.82) is 0 Å². The molecule has 576 valence electrons. The van der Waals surface area contributed by atoms with Gasteiger partial charge < -0.3 is 111 Å². The number of benzene rings is 6. The van der Waals surface area contributed by atoms with E-state index in [-0.39, 0.29) is 39.6 Å². The third kappa shape index (κ3) is 20.0. The van der Waals surface area contributed by atoms with Gasteiger partial charge in [-0.15, -0.1) is 0 Å². The number of carbonyl (C=O) groups is 2. The molecular weight excluding hydrogens is 1410 g/mol. The minimum absolute atomic E-state index is 0.00913. The average Bonchev–Trinajstić information content (AvgIpc) is 0.759. The van der Waals surface area contributed by atoms with Crippen molar-refractivity contribution in [3.05, 3.63) is 247 Å². The molecule has 10 unspecified atom stereocenters. The van der Waals surface area contributed by atoms with Gasteiger partial charge in [0, 0.05) is 21.8 Å². The molecule has 11 rings (SSSR count). The van der Waals surface area contributed by atoms with Gasteiger partial charge in [0.05, 0.1) is 72.7 Å². The van der Waals surface area contributed by atoms with Crippen molar-refractivity contribution in [1.82, 2.24) is 0 Å². The van der Waals surface area contributed by atoms with Gasteiger partial charge in [0.2, 0.25) is 0 Å².